The predicted octanol–water partition coefficient (Wildman–Crippen LogP) is 3.31. The van der Waals surface area contributed by atoms with Crippen LogP contribution in [0.1, 0.15) is 23.2 Å². The summed E-state index contributed by atoms with van der Waals surface area (Å²) < 4.78 is 11.1. The molecule has 3 aromatic rings. The van der Waals surface area contributed by atoms with E-state index in [0.29, 0.717) is 34.9 Å². The highest BCUT2D eigenvalue weighted by Gasteiger charge is 2.45. The molecule has 1 aliphatic carbocycles. The van der Waals surface area contributed by atoms with Crippen LogP contribution >= 0.6 is 0 Å². The average molecular weight is 361 g/mol. The van der Waals surface area contributed by atoms with Crippen LogP contribution < -0.4 is 5.32 Å². The van der Waals surface area contributed by atoms with Crippen LogP contribution in [0.25, 0.3) is 22.8 Å². The molecular formula is C21H19N3O3. The monoisotopic (exact) mass is 361 g/mol. The van der Waals surface area contributed by atoms with E-state index < -0.39 is 0 Å². The lowest BCUT2D eigenvalue weighted by atomic mass is 9.76. The predicted molar refractivity (Wildman–Crippen MR) is 98.9 cm³/mol. The Morgan fingerprint density at radius 1 is 1.07 bits per heavy atom. The number of hydrogen-bond acceptors (Lipinski definition) is 5. The SMILES string of the molecule is O=C(NC1CC2OCCC12)c1ccccc1-c1nc(-c2ccccc2)no1. The van der Waals surface area contributed by atoms with Crippen molar-refractivity contribution in [2.75, 3.05) is 6.61 Å². The first-order valence-electron chi connectivity index (χ1n) is 9.20. The van der Waals surface area contributed by atoms with Gasteiger partial charge in [-0.2, -0.15) is 4.98 Å². The summed E-state index contributed by atoms with van der Waals surface area (Å²) in [5.74, 6) is 1.18. The van der Waals surface area contributed by atoms with Crippen molar-refractivity contribution in [2.45, 2.75) is 25.0 Å². The van der Waals surface area contributed by atoms with Gasteiger partial charge in [-0.3, -0.25) is 4.79 Å². The summed E-state index contributed by atoms with van der Waals surface area (Å²) in [4.78, 5) is 17.3. The van der Waals surface area contributed by atoms with E-state index in [4.69, 9.17) is 9.26 Å². The van der Waals surface area contributed by atoms with Crippen LogP contribution in [0.15, 0.2) is 59.1 Å². The Morgan fingerprint density at radius 3 is 2.74 bits per heavy atom. The average Bonchev–Trinajstić information content (AvgIpc) is 3.34. The van der Waals surface area contributed by atoms with E-state index in [9.17, 15) is 4.79 Å². The molecule has 6 heteroatoms. The second-order valence-electron chi connectivity index (χ2n) is 7.01. The normalized spacial score (nSPS) is 23.5. The van der Waals surface area contributed by atoms with Crippen molar-refractivity contribution in [1.29, 1.82) is 0 Å². The number of ether oxygens (including phenoxy) is 1. The number of fused-ring (bicyclic) bond motifs is 1. The third-order valence-electron chi connectivity index (χ3n) is 5.44. The Kier molecular flexibility index (Phi) is 3.98. The van der Waals surface area contributed by atoms with Crippen molar-refractivity contribution in [2.24, 2.45) is 5.92 Å². The van der Waals surface area contributed by atoms with E-state index >= 15 is 0 Å². The van der Waals surface area contributed by atoms with Crippen molar-refractivity contribution in [3.63, 3.8) is 0 Å². The van der Waals surface area contributed by atoms with Gasteiger partial charge in [0.05, 0.1) is 17.2 Å². The Morgan fingerprint density at radius 2 is 1.89 bits per heavy atom. The van der Waals surface area contributed by atoms with Crippen molar-refractivity contribution in [3.8, 4) is 22.8 Å². The third kappa shape index (κ3) is 2.92. The van der Waals surface area contributed by atoms with Crippen LogP contribution in [0.2, 0.25) is 0 Å². The van der Waals surface area contributed by atoms with E-state index in [1.807, 2.05) is 48.5 Å². The number of amides is 1. The van der Waals surface area contributed by atoms with E-state index in [0.717, 1.165) is 25.0 Å². The van der Waals surface area contributed by atoms with Crippen LogP contribution in [0.4, 0.5) is 0 Å². The fourth-order valence-corrected chi connectivity index (χ4v) is 3.91. The summed E-state index contributed by atoms with van der Waals surface area (Å²) in [7, 11) is 0. The molecular weight excluding hydrogens is 342 g/mol. The molecule has 2 aliphatic rings. The molecule has 0 bridgehead atoms. The standard InChI is InChI=1S/C21H19N3O3/c25-20(22-17-12-18-16(17)10-11-26-18)14-8-4-5-9-15(14)21-23-19(24-27-21)13-6-2-1-3-7-13/h1-9,16-18H,10-12H2,(H,22,25). The summed E-state index contributed by atoms with van der Waals surface area (Å²) >= 11 is 0. The molecule has 0 spiro atoms. The van der Waals surface area contributed by atoms with Gasteiger partial charge in [0.15, 0.2) is 0 Å². The molecule has 2 fully saturated rings. The Hall–Kier alpha value is -2.99. The Balaban J connectivity index is 1.40. The van der Waals surface area contributed by atoms with Gasteiger partial charge in [0.2, 0.25) is 5.82 Å². The molecule has 1 saturated carbocycles. The maximum Gasteiger partial charge on any atom is 0.259 e. The van der Waals surface area contributed by atoms with Gasteiger partial charge in [-0.15, -0.1) is 0 Å². The molecule has 1 N–H and O–H groups in total. The van der Waals surface area contributed by atoms with Gasteiger partial charge in [-0.25, -0.2) is 0 Å². The van der Waals surface area contributed by atoms with Gasteiger partial charge >= 0.3 is 0 Å². The first kappa shape index (κ1) is 16.2. The summed E-state index contributed by atoms with van der Waals surface area (Å²) in [6.45, 7) is 0.794. The molecule has 0 radical (unpaired) electrons. The highest BCUT2D eigenvalue weighted by molar-refractivity contribution is 6.00. The van der Waals surface area contributed by atoms with Gasteiger partial charge in [-0.1, -0.05) is 47.6 Å². The lowest BCUT2D eigenvalue weighted by molar-refractivity contribution is 0.00810. The minimum absolute atomic E-state index is 0.111. The van der Waals surface area contributed by atoms with Crippen LogP contribution in [0, 0.1) is 5.92 Å². The maximum absolute atomic E-state index is 12.9. The molecule has 1 saturated heterocycles. The summed E-state index contributed by atoms with van der Waals surface area (Å²) in [5.41, 5.74) is 2.06. The first-order valence-corrected chi connectivity index (χ1v) is 9.20. The Labute approximate surface area is 156 Å². The summed E-state index contributed by atoms with van der Waals surface area (Å²) in [6.07, 6.45) is 2.22. The molecule has 136 valence electrons. The van der Waals surface area contributed by atoms with Crippen LogP contribution in [-0.4, -0.2) is 34.8 Å². The molecule has 3 unspecified atom stereocenters. The third-order valence-corrected chi connectivity index (χ3v) is 5.44. The van der Waals surface area contributed by atoms with Crippen molar-refractivity contribution >= 4 is 5.91 Å². The number of nitrogens with one attached hydrogen (secondary N) is 1. The van der Waals surface area contributed by atoms with Gasteiger partial charge in [-0.05, 0) is 25.0 Å². The maximum atomic E-state index is 12.9. The van der Waals surface area contributed by atoms with E-state index in [1.165, 1.54) is 0 Å². The molecule has 3 atom stereocenters. The highest BCUT2D eigenvalue weighted by atomic mass is 16.5. The number of carbonyl (C=O) groups excluding carboxylic acids is 1. The topological polar surface area (TPSA) is 77.2 Å². The van der Waals surface area contributed by atoms with E-state index in [-0.39, 0.29) is 11.9 Å². The van der Waals surface area contributed by atoms with Crippen molar-refractivity contribution < 1.29 is 14.1 Å². The van der Waals surface area contributed by atoms with Gasteiger partial charge < -0.3 is 14.6 Å². The summed E-state index contributed by atoms with van der Waals surface area (Å²) in [6, 6.07) is 17.1. The minimum atomic E-state index is -0.111. The lowest BCUT2D eigenvalue weighted by Gasteiger charge is -2.39. The molecule has 2 heterocycles. The Bertz CT molecular complexity index is 970. The van der Waals surface area contributed by atoms with Crippen LogP contribution in [0.5, 0.6) is 0 Å². The minimum Gasteiger partial charge on any atom is -0.378 e. The number of rotatable bonds is 4. The lowest BCUT2D eigenvalue weighted by Crippen LogP contribution is -2.53. The quantitative estimate of drug-likeness (QED) is 0.771. The molecule has 1 aromatic heterocycles. The van der Waals surface area contributed by atoms with E-state index in [2.05, 4.69) is 15.5 Å². The van der Waals surface area contributed by atoms with E-state index in [1.54, 1.807) is 6.07 Å². The molecule has 27 heavy (non-hydrogen) atoms. The van der Waals surface area contributed by atoms with Crippen molar-refractivity contribution in [3.05, 3.63) is 60.2 Å². The zero-order valence-corrected chi connectivity index (χ0v) is 14.7. The fourth-order valence-electron chi connectivity index (χ4n) is 3.91. The number of nitrogens with zero attached hydrogens (tertiary/aromatic N) is 2. The molecule has 1 aliphatic heterocycles. The van der Waals surface area contributed by atoms with Crippen LogP contribution in [-0.2, 0) is 4.74 Å². The van der Waals surface area contributed by atoms with Crippen molar-refractivity contribution in [1.82, 2.24) is 15.5 Å². The number of aromatic nitrogens is 2. The number of carbonyl (C=O) groups is 1. The number of benzene rings is 2. The largest absolute Gasteiger partial charge is 0.378 e. The zero-order valence-electron chi connectivity index (χ0n) is 14.7. The molecule has 1 amide bonds. The first-order chi connectivity index (χ1) is 13.3. The van der Waals surface area contributed by atoms with Crippen LogP contribution in [0.3, 0.4) is 0 Å². The second kappa shape index (κ2) is 6.63. The fraction of sp³-hybridized carbons (Fsp3) is 0.286. The zero-order chi connectivity index (χ0) is 18.2. The molecule has 6 nitrogen and oxygen atoms in total. The molecule has 5 rings (SSSR count). The molecule has 2 aromatic carbocycles. The van der Waals surface area contributed by atoms with Gasteiger partial charge in [0.1, 0.15) is 0 Å². The smallest absolute Gasteiger partial charge is 0.259 e. The van der Waals surface area contributed by atoms with Gasteiger partial charge in [0, 0.05) is 24.1 Å². The highest BCUT2D eigenvalue weighted by Crippen LogP contribution is 2.38. The number of hydrogen-bond donors (Lipinski definition) is 1. The second-order valence-corrected chi connectivity index (χ2v) is 7.01. The summed E-state index contributed by atoms with van der Waals surface area (Å²) in [5, 5.41) is 7.20. The van der Waals surface area contributed by atoms with Gasteiger partial charge in [0.25, 0.3) is 11.8 Å².